The Labute approximate surface area is 257 Å². The number of nitrogens with zero attached hydrogens (tertiary/aromatic N) is 3. The molecule has 0 bridgehead atoms. The van der Waals surface area contributed by atoms with Gasteiger partial charge in [0.1, 0.15) is 11.8 Å². The summed E-state index contributed by atoms with van der Waals surface area (Å²) in [6, 6.07) is 19.8. The molecule has 0 aliphatic rings. The van der Waals surface area contributed by atoms with Crippen LogP contribution in [0.15, 0.2) is 75.9 Å². The van der Waals surface area contributed by atoms with Crippen molar-refractivity contribution >= 4 is 28.9 Å². The van der Waals surface area contributed by atoms with Gasteiger partial charge in [-0.2, -0.15) is 4.98 Å². The third kappa shape index (κ3) is 7.55. The molecular formula is C34H40N4O6. The first kappa shape index (κ1) is 32.1. The third-order valence-corrected chi connectivity index (χ3v) is 7.64. The highest BCUT2D eigenvalue weighted by atomic mass is 16.5. The van der Waals surface area contributed by atoms with Gasteiger partial charge in [-0.15, -0.1) is 0 Å². The number of hydrogen-bond donors (Lipinski definition) is 2. The summed E-state index contributed by atoms with van der Waals surface area (Å²) in [5.74, 6) is 0.536. The zero-order valence-corrected chi connectivity index (χ0v) is 26.1. The van der Waals surface area contributed by atoms with Crippen LogP contribution in [0, 0.1) is 6.92 Å². The van der Waals surface area contributed by atoms with Crippen LogP contribution in [0.4, 0.5) is 10.8 Å². The molecule has 1 heterocycles. The number of carbonyl (C=O) groups is 2. The van der Waals surface area contributed by atoms with Crippen LogP contribution in [0.3, 0.4) is 0 Å². The second-order valence-corrected chi connectivity index (χ2v) is 11.7. The van der Waals surface area contributed by atoms with Crippen LogP contribution in [0.25, 0.3) is 10.9 Å². The van der Waals surface area contributed by atoms with Crippen LogP contribution in [0.2, 0.25) is 0 Å². The molecule has 0 aliphatic heterocycles. The first-order valence-corrected chi connectivity index (χ1v) is 14.6. The molecule has 1 aromatic heterocycles. The van der Waals surface area contributed by atoms with Crippen LogP contribution in [-0.2, 0) is 24.3 Å². The predicted molar refractivity (Wildman–Crippen MR) is 170 cm³/mol. The smallest absolute Gasteiger partial charge is 0.408 e. The molecule has 2 amide bonds. The molecule has 10 nitrogen and oxygen atoms in total. The molecule has 1 atom stereocenters. The van der Waals surface area contributed by atoms with Crippen LogP contribution in [0.1, 0.15) is 49.9 Å². The third-order valence-electron chi connectivity index (χ3n) is 7.64. The van der Waals surface area contributed by atoms with E-state index in [1.165, 1.54) is 4.90 Å². The zero-order chi connectivity index (χ0) is 32.0. The average molecular weight is 601 g/mol. The van der Waals surface area contributed by atoms with Crippen molar-refractivity contribution in [1.29, 1.82) is 0 Å². The van der Waals surface area contributed by atoms with Crippen molar-refractivity contribution in [2.45, 2.75) is 65.7 Å². The minimum Gasteiger partial charge on any atom is -0.497 e. The molecule has 0 aliphatic carbocycles. The maximum atomic E-state index is 13.9. The molecule has 232 valence electrons. The van der Waals surface area contributed by atoms with E-state index in [2.05, 4.69) is 10.3 Å². The number of carbonyl (C=O) groups excluding carboxylic acids is 1. The van der Waals surface area contributed by atoms with E-state index in [0.717, 1.165) is 11.1 Å². The lowest BCUT2D eigenvalue weighted by atomic mass is 10.0. The molecule has 44 heavy (non-hydrogen) atoms. The number of nitrogens with one attached hydrogen (secondary N) is 1. The zero-order valence-electron chi connectivity index (χ0n) is 26.1. The normalized spacial score (nSPS) is 12.0. The van der Waals surface area contributed by atoms with Crippen molar-refractivity contribution in [2.75, 3.05) is 19.0 Å². The Morgan fingerprint density at radius 3 is 2.27 bits per heavy atom. The highest BCUT2D eigenvalue weighted by molar-refractivity contribution is 5.86. The van der Waals surface area contributed by atoms with E-state index in [9.17, 15) is 19.5 Å². The Kier molecular flexibility index (Phi) is 9.93. The van der Waals surface area contributed by atoms with Gasteiger partial charge >= 0.3 is 11.7 Å². The van der Waals surface area contributed by atoms with Gasteiger partial charge in [0.25, 0.3) is 6.01 Å². The van der Waals surface area contributed by atoms with E-state index < -0.39 is 23.3 Å². The van der Waals surface area contributed by atoms with Crippen molar-refractivity contribution in [1.82, 2.24) is 14.8 Å². The van der Waals surface area contributed by atoms with Crippen molar-refractivity contribution in [3.8, 4) is 5.75 Å². The van der Waals surface area contributed by atoms with Crippen molar-refractivity contribution in [3.63, 3.8) is 0 Å². The summed E-state index contributed by atoms with van der Waals surface area (Å²) in [6.45, 7) is 10.1. The fourth-order valence-corrected chi connectivity index (χ4v) is 5.07. The summed E-state index contributed by atoms with van der Waals surface area (Å²) >= 11 is 0. The summed E-state index contributed by atoms with van der Waals surface area (Å²) < 4.78 is 10.9. The van der Waals surface area contributed by atoms with Gasteiger partial charge in [0.05, 0.1) is 18.0 Å². The Morgan fingerprint density at radius 1 is 1.00 bits per heavy atom. The van der Waals surface area contributed by atoms with Crippen LogP contribution in [-0.4, -0.2) is 57.1 Å². The first-order valence-electron chi connectivity index (χ1n) is 14.6. The van der Waals surface area contributed by atoms with Gasteiger partial charge in [-0.1, -0.05) is 48.5 Å². The van der Waals surface area contributed by atoms with Crippen molar-refractivity contribution < 1.29 is 23.8 Å². The van der Waals surface area contributed by atoms with Gasteiger partial charge in [-0.25, -0.2) is 9.59 Å². The van der Waals surface area contributed by atoms with Crippen molar-refractivity contribution in [3.05, 3.63) is 99.4 Å². The Hall–Kier alpha value is -4.86. The number of amides is 2. The minimum atomic E-state index is -1.05. The molecule has 0 spiro atoms. The van der Waals surface area contributed by atoms with Crippen LogP contribution in [0.5, 0.6) is 5.75 Å². The largest absolute Gasteiger partial charge is 0.497 e. The number of aromatic nitrogens is 1. The maximum Gasteiger partial charge on any atom is 0.408 e. The summed E-state index contributed by atoms with van der Waals surface area (Å²) in [5, 5.41) is 13.1. The standard InChI is InChI=1S/C34H40N4O6/c1-7-37(20-24-11-9-8-10-12-24)30(39)28(19-23-13-16-26(43-6)17-14-23)36-32-35-27-18-15-25(22(2)29(27)31(40)44-32)21-38(33(41)42)34(3,4)5/h8-18,28H,7,19-21H2,1-6H3,(H,35,36)(H,41,42). The molecule has 0 saturated heterocycles. The Morgan fingerprint density at radius 2 is 1.68 bits per heavy atom. The number of fused-ring (bicyclic) bond motifs is 1. The molecule has 4 rings (SSSR count). The van der Waals surface area contributed by atoms with Gasteiger partial charge in [-0.05, 0) is 75.1 Å². The Balaban J connectivity index is 1.67. The number of ether oxygens (including phenoxy) is 1. The maximum absolute atomic E-state index is 13.9. The SMILES string of the molecule is CCN(Cc1ccccc1)C(=O)C(Cc1ccc(OC)cc1)Nc1nc2ccc(CN(C(=O)O)C(C)(C)C)c(C)c2c(=O)o1. The summed E-state index contributed by atoms with van der Waals surface area (Å²) in [5.41, 5.74) is 2.28. The van der Waals surface area contributed by atoms with Gasteiger partial charge < -0.3 is 24.5 Å². The first-order chi connectivity index (χ1) is 20.9. The fourth-order valence-electron chi connectivity index (χ4n) is 5.07. The van der Waals surface area contributed by atoms with Gasteiger partial charge in [0.15, 0.2) is 0 Å². The van der Waals surface area contributed by atoms with E-state index in [0.29, 0.717) is 41.9 Å². The summed E-state index contributed by atoms with van der Waals surface area (Å²) in [4.78, 5) is 46.8. The summed E-state index contributed by atoms with van der Waals surface area (Å²) in [6.07, 6.45) is -0.740. The molecule has 4 aromatic rings. The van der Waals surface area contributed by atoms with Gasteiger partial charge in [0.2, 0.25) is 5.91 Å². The molecule has 10 heteroatoms. The van der Waals surface area contributed by atoms with Crippen molar-refractivity contribution in [2.24, 2.45) is 0 Å². The molecule has 0 radical (unpaired) electrons. The molecule has 3 aromatic carbocycles. The number of likely N-dealkylation sites (N-methyl/N-ethyl adjacent to an activating group) is 1. The second-order valence-electron chi connectivity index (χ2n) is 11.7. The predicted octanol–water partition coefficient (Wildman–Crippen LogP) is 5.86. The minimum absolute atomic E-state index is 0.0703. The number of methoxy groups -OCH3 is 1. The number of benzene rings is 3. The summed E-state index contributed by atoms with van der Waals surface area (Å²) in [7, 11) is 1.59. The highest BCUT2D eigenvalue weighted by Gasteiger charge is 2.28. The lowest BCUT2D eigenvalue weighted by Gasteiger charge is -2.33. The number of hydrogen-bond acceptors (Lipinski definition) is 7. The fraction of sp³-hybridized carbons (Fsp3) is 0.353. The van der Waals surface area contributed by atoms with Gasteiger partial charge in [-0.3, -0.25) is 9.69 Å². The molecule has 1 unspecified atom stereocenters. The van der Waals surface area contributed by atoms with E-state index in [-0.39, 0.29) is 23.9 Å². The Bertz CT molecular complexity index is 1660. The van der Waals surface area contributed by atoms with E-state index in [1.54, 1.807) is 31.1 Å². The van der Waals surface area contributed by atoms with Crippen LogP contribution < -0.4 is 15.7 Å². The van der Waals surface area contributed by atoms with Gasteiger partial charge in [0, 0.05) is 31.6 Å². The number of anilines is 1. The monoisotopic (exact) mass is 600 g/mol. The molecule has 0 fully saturated rings. The molecule has 0 saturated carbocycles. The number of aryl methyl sites for hydroxylation is 1. The van der Waals surface area contributed by atoms with Crippen LogP contribution >= 0.6 is 0 Å². The lowest BCUT2D eigenvalue weighted by molar-refractivity contribution is -0.132. The number of carboxylic acid groups (broad SMARTS) is 1. The second kappa shape index (κ2) is 13.6. The van der Waals surface area contributed by atoms with E-state index in [1.807, 2.05) is 82.3 Å². The van der Waals surface area contributed by atoms with E-state index >= 15 is 0 Å². The lowest BCUT2D eigenvalue weighted by Crippen LogP contribution is -2.44. The quantitative estimate of drug-likeness (QED) is 0.220. The molecule has 2 N–H and O–H groups in total. The highest BCUT2D eigenvalue weighted by Crippen LogP contribution is 2.25. The topological polar surface area (TPSA) is 125 Å². The molecular weight excluding hydrogens is 560 g/mol. The average Bonchev–Trinajstić information content (AvgIpc) is 2.98. The number of rotatable bonds is 11. The van der Waals surface area contributed by atoms with E-state index in [4.69, 9.17) is 9.15 Å².